The number of halogens is 3. The van der Waals surface area contributed by atoms with E-state index in [1.165, 1.54) is 30.3 Å². The van der Waals surface area contributed by atoms with E-state index in [9.17, 15) is 18.3 Å². The number of carbonyl (C=O) groups is 2. The van der Waals surface area contributed by atoms with Crippen molar-refractivity contribution in [2.45, 2.75) is 51.2 Å². The van der Waals surface area contributed by atoms with E-state index < -0.39 is 12.1 Å². The monoisotopic (exact) mass is 803 g/mol. The van der Waals surface area contributed by atoms with Gasteiger partial charge < -0.3 is 28.6 Å². The second kappa shape index (κ2) is 15.6. The van der Waals surface area contributed by atoms with Gasteiger partial charge >= 0.3 is 6.36 Å². The Balaban J connectivity index is 1.17. The zero-order valence-corrected chi connectivity index (χ0v) is 32.6. The highest BCUT2D eigenvalue weighted by Crippen LogP contribution is 2.40. The molecule has 3 aliphatic rings. The molecule has 2 amide bonds. The maximum Gasteiger partial charge on any atom is 0.573 e. The molecular weight excluding hydrogens is 760 g/mol. The number of fused-ring (bicyclic) bond motifs is 3. The lowest BCUT2D eigenvalue weighted by molar-refractivity contribution is -0.274. The minimum Gasteiger partial charge on any atom is -0.508 e. The van der Waals surface area contributed by atoms with Crippen LogP contribution in [0.25, 0.3) is 22.2 Å². The van der Waals surface area contributed by atoms with Crippen molar-refractivity contribution in [1.29, 1.82) is 0 Å². The van der Waals surface area contributed by atoms with Crippen LogP contribution in [0.15, 0.2) is 103 Å². The standard InChI is InChI=1S/C46H44F3N5O5/c1-50-19-17-31-25-34(11-16-41(31)50)54(33-9-12-36(55)13-10-33)45(57)40-27-43(52-18-5-4-8-42(40)52)39-26-37(59-46(47,48)49)14-15-38(39)44(56)53-28-32-7-3-2-6-30(32)24-35(53)29-51-20-22-58-23-21-51/h2-3,6-7,9-17,19,25-27,35,55H,4-5,8,18,20-24,28-29H2,1H3/t35-/m0/s1. The van der Waals surface area contributed by atoms with Gasteiger partial charge in [-0.2, -0.15) is 0 Å². The topological polar surface area (TPSA) is 92.4 Å². The lowest BCUT2D eigenvalue weighted by atomic mass is 9.92. The van der Waals surface area contributed by atoms with E-state index in [-0.39, 0.29) is 34.7 Å². The number of nitrogens with zero attached hydrogens (tertiary/aromatic N) is 5. The number of alkyl halides is 3. The van der Waals surface area contributed by atoms with E-state index in [1.807, 2.05) is 69.7 Å². The summed E-state index contributed by atoms with van der Waals surface area (Å²) in [5.74, 6) is -1.08. The van der Waals surface area contributed by atoms with Crippen molar-refractivity contribution >= 4 is 34.1 Å². The number of amides is 2. The minimum absolute atomic E-state index is 0.0470. The van der Waals surface area contributed by atoms with Gasteiger partial charge in [0.2, 0.25) is 0 Å². The van der Waals surface area contributed by atoms with Crippen LogP contribution in [0.3, 0.4) is 0 Å². The van der Waals surface area contributed by atoms with Gasteiger partial charge in [0.25, 0.3) is 11.8 Å². The van der Waals surface area contributed by atoms with Gasteiger partial charge in [0.05, 0.1) is 18.8 Å². The fourth-order valence-corrected chi connectivity index (χ4v) is 8.94. The van der Waals surface area contributed by atoms with Gasteiger partial charge in [-0.15, -0.1) is 13.2 Å². The predicted molar refractivity (Wildman–Crippen MR) is 218 cm³/mol. The Labute approximate surface area is 339 Å². The zero-order chi connectivity index (χ0) is 40.8. The first-order valence-electron chi connectivity index (χ1n) is 20.0. The second-order valence-electron chi connectivity index (χ2n) is 15.6. The molecule has 4 aromatic carbocycles. The van der Waals surface area contributed by atoms with Crippen LogP contribution in [0.2, 0.25) is 0 Å². The summed E-state index contributed by atoms with van der Waals surface area (Å²) in [5, 5.41) is 11.1. The van der Waals surface area contributed by atoms with Gasteiger partial charge in [-0.25, -0.2) is 0 Å². The molecule has 0 spiro atoms. The molecule has 59 heavy (non-hydrogen) atoms. The third-order valence-electron chi connectivity index (χ3n) is 11.8. The molecule has 0 radical (unpaired) electrons. The van der Waals surface area contributed by atoms with E-state index in [0.29, 0.717) is 68.3 Å². The third kappa shape index (κ3) is 7.68. The predicted octanol–water partition coefficient (Wildman–Crippen LogP) is 8.47. The Bertz CT molecular complexity index is 2540. The first-order valence-corrected chi connectivity index (χ1v) is 20.0. The summed E-state index contributed by atoms with van der Waals surface area (Å²) in [6, 6.07) is 27.6. The summed E-state index contributed by atoms with van der Waals surface area (Å²) in [6.07, 6.45) is -0.257. The Kier molecular flexibility index (Phi) is 10.2. The maximum absolute atomic E-state index is 15.1. The molecule has 1 saturated heterocycles. The lowest BCUT2D eigenvalue weighted by Gasteiger charge is -2.40. The average Bonchev–Trinajstić information content (AvgIpc) is 3.81. The van der Waals surface area contributed by atoms with E-state index in [4.69, 9.17) is 4.74 Å². The number of hydrogen-bond donors (Lipinski definition) is 1. The van der Waals surface area contributed by atoms with Gasteiger partial charge in [-0.1, -0.05) is 24.3 Å². The summed E-state index contributed by atoms with van der Waals surface area (Å²) < 4.78 is 55.4. The van der Waals surface area contributed by atoms with Crippen LogP contribution in [-0.4, -0.2) is 81.1 Å². The van der Waals surface area contributed by atoms with Crippen LogP contribution >= 0.6 is 0 Å². The number of phenols is 1. The number of anilines is 2. The molecule has 0 aliphatic carbocycles. The van der Waals surface area contributed by atoms with Crippen molar-refractivity contribution < 1.29 is 37.3 Å². The molecule has 5 heterocycles. The summed E-state index contributed by atoms with van der Waals surface area (Å²) in [7, 11) is 1.95. The van der Waals surface area contributed by atoms with E-state index >= 15 is 9.59 Å². The van der Waals surface area contributed by atoms with Gasteiger partial charge in [0.1, 0.15) is 11.5 Å². The largest absolute Gasteiger partial charge is 0.573 e. The quantitative estimate of drug-likeness (QED) is 0.166. The highest BCUT2D eigenvalue weighted by atomic mass is 19.4. The molecule has 1 atom stereocenters. The van der Waals surface area contributed by atoms with Crippen LogP contribution in [0, 0.1) is 0 Å². The molecule has 9 rings (SSSR count). The number of aryl methyl sites for hydroxylation is 1. The number of hydrogen-bond acceptors (Lipinski definition) is 6. The summed E-state index contributed by atoms with van der Waals surface area (Å²) >= 11 is 0. The smallest absolute Gasteiger partial charge is 0.508 e. The Morgan fingerprint density at radius 2 is 1.63 bits per heavy atom. The molecule has 1 fully saturated rings. The molecule has 10 nitrogen and oxygen atoms in total. The van der Waals surface area contributed by atoms with Crippen molar-refractivity contribution in [1.82, 2.24) is 18.9 Å². The molecule has 1 N–H and O–H groups in total. The second-order valence-corrected chi connectivity index (χ2v) is 15.6. The van der Waals surface area contributed by atoms with Gasteiger partial charge in [0.15, 0.2) is 0 Å². The van der Waals surface area contributed by atoms with Crippen molar-refractivity contribution in [2.75, 3.05) is 37.7 Å². The number of rotatable bonds is 8. The van der Waals surface area contributed by atoms with Crippen molar-refractivity contribution in [3.63, 3.8) is 0 Å². The fourth-order valence-electron chi connectivity index (χ4n) is 8.94. The first-order chi connectivity index (χ1) is 28.5. The number of carbonyl (C=O) groups excluding carboxylic acids is 2. The zero-order valence-electron chi connectivity index (χ0n) is 32.6. The van der Waals surface area contributed by atoms with Crippen LogP contribution in [0.1, 0.15) is 50.4 Å². The summed E-state index contributed by atoms with van der Waals surface area (Å²) in [4.78, 5) is 36.0. The lowest BCUT2D eigenvalue weighted by Crippen LogP contribution is -2.52. The Hall–Kier alpha value is -6.05. The highest BCUT2D eigenvalue weighted by Gasteiger charge is 2.36. The summed E-state index contributed by atoms with van der Waals surface area (Å²) in [6.45, 7) is 4.15. The number of benzene rings is 4. The van der Waals surface area contributed by atoms with Crippen molar-refractivity contribution in [2.24, 2.45) is 7.05 Å². The molecular formula is C46H44F3N5O5. The van der Waals surface area contributed by atoms with Gasteiger partial charge in [0, 0.05) is 96.8 Å². The van der Waals surface area contributed by atoms with E-state index in [1.54, 1.807) is 23.1 Å². The minimum atomic E-state index is -4.97. The molecule has 3 aliphatic heterocycles. The summed E-state index contributed by atoms with van der Waals surface area (Å²) in [5.41, 5.74) is 6.34. The third-order valence-corrected chi connectivity index (χ3v) is 11.8. The normalized spacial score (nSPS) is 17.1. The molecule has 0 bridgehead atoms. The SMILES string of the molecule is Cn1ccc2cc(N(C(=O)c3cc(-c4cc(OC(F)(F)F)ccc4C(=O)N4Cc5ccccc5C[C@H]4CN4CCOCC4)n4c3CCCC4)c3ccc(O)cc3)ccc21. The number of morpholine rings is 1. The number of ether oxygens (including phenoxy) is 2. The van der Waals surface area contributed by atoms with E-state index in [0.717, 1.165) is 53.7 Å². The van der Waals surface area contributed by atoms with E-state index in [2.05, 4.69) is 15.7 Å². The number of phenolic OH excluding ortho intramolecular Hbond substituents is 1. The van der Waals surface area contributed by atoms with Crippen molar-refractivity contribution in [3.8, 4) is 22.8 Å². The molecule has 6 aromatic rings. The highest BCUT2D eigenvalue weighted by molar-refractivity contribution is 6.13. The molecule has 0 saturated carbocycles. The Morgan fingerprint density at radius 3 is 2.41 bits per heavy atom. The van der Waals surface area contributed by atoms with Crippen LogP contribution < -0.4 is 9.64 Å². The van der Waals surface area contributed by atoms with Crippen LogP contribution in [0.4, 0.5) is 24.5 Å². The maximum atomic E-state index is 15.1. The van der Waals surface area contributed by atoms with Crippen molar-refractivity contribution in [3.05, 3.63) is 131 Å². The number of aromatic nitrogens is 2. The van der Waals surface area contributed by atoms with Crippen LogP contribution in [0.5, 0.6) is 11.5 Å². The molecule has 2 aromatic heterocycles. The molecule has 13 heteroatoms. The number of aromatic hydroxyl groups is 1. The molecule has 304 valence electrons. The first kappa shape index (κ1) is 38.5. The van der Waals surface area contributed by atoms with Gasteiger partial charge in [-0.3, -0.25) is 19.4 Å². The Morgan fingerprint density at radius 1 is 0.864 bits per heavy atom. The molecule has 0 unspecified atom stereocenters. The van der Waals surface area contributed by atoms with Gasteiger partial charge in [-0.05, 0) is 110 Å². The fraction of sp³-hybridized carbons (Fsp3) is 0.304. The average molecular weight is 804 g/mol. The van der Waals surface area contributed by atoms with Crippen LogP contribution in [-0.2, 0) is 37.7 Å².